The van der Waals surface area contributed by atoms with Crippen molar-refractivity contribution in [3.63, 3.8) is 0 Å². The number of nitrogens with zero attached hydrogens (tertiary/aromatic N) is 2. The molecule has 1 fully saturated rings. The van der Waals surface area contributed by atoms with Gasteiger partial charge in [-0.15, -0.1) is 0 Å². The largest absolute Gasteiger partial charge is 0.323 e. The number of aryl methyl sites for hydroxylation is 1. The molecule has 0 aliphatic heterocycles. The summed E-state index contributed by atoms with van der Waals surface area (Å²) < 4.78 is 28.8. The van der Waals surface area contributed by atoms with E-state index in [-0.39, 0.29) is 5.69 Å². The lowest BCUT2D eigenvalue weighted by atomic mass is 9.95. The molecule has 0 atom stereocenters. The third kappa shape index (κ3) is 3.06. The van der Waals surface area contributed by atoms with Crippen molar-refractivity contribution in [2.45, 2.75) is 45.1 Å². The van der Waals surface area contributed by atoms with Crippen LogP contribution in [0.5, 0.6) is 0 Å². The maximum Gasteiger partial charge on any atom is 0.207 e. The van der Waals surface area contributed by atoms with Gasteiger partial charge in [-0.05, 0) is 31.9 Å². The number of nitrogens with one attached hydrogen (secondary N) is 1. The Labute approximate surface area is 123 Å². The van der Waals surface area contributed by atoms with E-state index in [4.69, 9.17) is 0 Å². The van der Waals surface area contributed by atoms with Crippen molar-refractivity contribution >= 4 is 11.6 Å². The summed E-state index contributed by atoms with van der Waals surface area (Å²) in [6.45, 7) is 1.92. The number of aromatic nitrogens is 2. The molecule has 3 rings (SSSR count). The summed E-state index contributed by atoms with van der Waals surface area (Å²) in [5.41, 5.74) is 1.14. The minimum absolute atomic E-state index is 0.249. The Morgan fingerprint density at radius 2 is 1.95 bits per heavy atom. The van der Waals surface area contributed by atoms with Crippen molar-refractivity contribution in [3.05, 3.63) is 41.7 Å². The second-order valence-corrected chi connectivity index (χ2v) is 5.65. The predicted octanol–water partition coefficient (Wildman–Crippen LogP) is 4.72. The van der Waals surface area contributed by atoms with Crippen LogP contribution in [-0.2, 0) is 0 Å². The van der Waals surface area contributed by atoms with E-state index in [2.05, 4.69) is 14.9 Å². The smallest absolute Gasteiger partial charge is 0.207 e. The molecule has 1 N–H and O–H groups in total. The van der Waals surface area contributed by atoms with Crippen LogP contribution in [0, 0.1) is 18.6 Å². The number of benzene rings is 1. The van der Waals surface area contributed by atoms with E-state index < -0.39 is 11.6 Å². The number of hydrogen-bond donors (Lipinski definition) is 1. The molecule has 0 bridgehead atoms. The zero-order valence-electron chi connectivity index (χ0n) is 12.1. The molecule has 0 amide bonds. The van der Waals surface area contributed by atoms with Gasteiger partial charge < -0.3 is 9.88 Å². The molecule has 3 nitrogen and oxygen atoms in total. The maximum atomic E-state index is 13.8. The summed E-state index contributed by atoms with van der Waals surface area (Å²) in [4.78, 5) is 4.44. The highest BCUT2D eigenvalue weighted by Crippen LogP contribution is 2.32. The van der Waals surface area contributed by atoms with Gasteiger partial charge in [0.15, 0.2) is 0 Å². The summed E-state index contributed by atoms with van der Waals surface area (Å²) in [5, 5.41) is 3.00. The lowest BCUT2D eigenvalue weighted by molar-refractivity contribution is 0.356. The van der Waals surface area contributed by atoms with Crippen LogP contribution in [0.25, 0.3) is 0 Å². The third-order valence-electron chi connectivity index (χ3n) is 4.00. The molecule has 2 aromatic rings. The Balaban J connectivity index is 1.87. The minimum atomic E-state index is -0.606. The number of rotatable bonds is 3. The van der Waals surface area contributed by atoms with Gasteiger partial charge in [-0.25, -0.2) is 13.8 Å². The molecule has 1 heterocycles. The molecule has 0 spiro atoms. The molecule has 1 aromatic heterocycles. The summed E-state index contributed by atoms with van der Waals surface area (Å²) in [5.74, 6) is -0.555. The average Bonchev–Trinajstić information content (AvgIpc) is 2.84. The minimum Gasteiger partial charge on any atom is -0.323 e. The first kappa shape index (κ1) is 14.0. The van der Waals surface area contributed by atoms with E-state index in [1.165, 1.54) is 31.4 Å². The highest BCUT2D eigenvalue weighted by Gasteiger charge is 2.19. The van der Waals surface area contributed by atoms with Crippen LogP contribution >= 0.6 is 0 Å². The Morgan fingerprint density at radius 1 is 1.19 bits per heavy atom. The molecule has 0 unspecified atom stereocenters. The van der Waals surface area contributed by atoms with Gasteiger partial charge >= 0.3 is 0 Å². The van der Waals surface area contributed by atoms with Crippen LogP contribution in [-0.4, -0.2) is 9.55 Å². The Morgan fingerprint density at radius 3 is 2.67 bits per heavy atom. The number of halogens is 2. The standard InChI is InChI=1S/C16H19F2N3/c1-11-10-21(13-5-3-2-4-6-13)16(19-11)20-15-8-7-12(17)9-14(15)18/h7-10,13H,2-6H2,1H3,(H,19,20). The quantitative estimate of drug-likeness (QED) is 0.887. The van der Waals surface area contributed by atoms with Crippen LogP contribution in [0.2, 0.25) is 0 Å². The molecule has 1 aliphatic rings. The van der Waals surface area contributed by atoms with E-state index in [9.17, 15) is 8.78 Å². The third-order valence-corrected chi connectivity index (χ3v) is 4.00. The van der Waals surface area contributed by atoms with Gasteiger partial charge in [-0.2, -0.15) is 0 Å². The highest BCUT2D eigenvalue weighted by atomic mass is 19.1. The van der Waals surface area contributed by atoms with Crippen LogP contribution in [0.15, 0.2) is 24.4 Å². The number of hydrogen-bond acceptors (Lipinski definition) is 2. The molecule has 0 saturated heterocycles. The van der Waals surface area contributed by atoms with Crippen molar-refractivity contribution in [1.29, 1.82) is 0 Å². The van der Waals surface area contributed by atoms with Crippen molar-refractivity contribution in [2.24, 2.45) is 0 Å². The highest BCUT2D eigenvalue weighted by molar-refractivity contribution is 5.55. The van der Waals surface area contributed by atoms with E-state index in [0.29, 0.717) is 12.0 Å². The molecule has 21 heavy (non-hydrogen) atoms. The summed E-state index contributed by atoms with van der Waals surface area (Å²) in [7, 11) is 0. The summed E-state index contributed by atoms with van der Waals surface area (Å²) in [6, 6.07) is 3.93. The predicted molar refractivity (Wildman–Crippen MR) is 78.7 cm³/mol. The number of anilines is 2. The summed E-state index contributed by atoms with van der Waals surface area (Å²) >= 11 is 0. The lowest BCUT2D eigenvalue weighted by Gasteiger charge is -2.24. The molecule has 112 valence electrons. The van der Waals surface area contributed by atoms with Gasteiger partial charge in [0.05, 0.1) is 11.4 Å². The molecular weight excluding hydrogens is 272 g/mol. The monoisotopic (exact) mass is 291 g/mol. The first-order valence-corrected chi connectivity index (χ1v) is 7.41. The SMILES string of the molecule is Cc1cn(C2CCCCC2)c(Nc2ccc(F)cc2F)n1. The van der Waals surface area contributed by atoms with Crippen LogP contribution in [0.4, 0.5) is 20.4 Å². The van der Waals surface area contributed by atoms with Crippen molar-refractivity contribution in [1.82, 2.24) is 9.55 Å². The summed E-state index contributed by atoms with van der Waals surface area (Å²) in [6.07, 6.45) is 7.95. The first-order valence-electron chi connectivity index (χ1n) is 7.41. The second-order valence-electron chi connectivity index (χ2n) is 5.65. The topological polar surface area (TPSA) is 29.9 Å². The second kappa shape index (κ2) is 5.84. The zero-order chi connectivity index (χ0) is 14.8. The van der Waals surface area contributed by atoms with E-state index in [1.54, 1.807) is 0 Å². The fraction of sp³-hybridized carbons (Fsp3) is 0.438. The van der Waals surface area contributed by atoms with Crippen molar-refractivity contribution < 1.29 is 8.78 Å². The Bertz CT molecular complexity index is 630. The molecule has 0 radical (unpaired) electrons. The maximum absolute atomic E-state index is 13.8. The van der Waals surface area contributed by atoms with E-state index >= 15 is 0 Å². The van der Waals surface area contributed by atoms with Gasteiger partial charge in [0.2, 0.25) is 5.95 Å². The fourth-order valence-electron chi connectivity index (χ4n) is 2.96. The van der Waals surface area contributed by atoms with Crippen molar-refractivity contribution in [3.8, 4) is 0 Å². The van der Waals surface area contributed by atoms with Gasteiger partial charge in [-0.3, -0.25) is 0 Å². The molecule has 5 heteroatoms. The molecule has 1 aliphatic carbocycles. The van der Waals surface area contributed by atoms with Gasteiger partial charge in [-0.1, -0.05) is 19.3 Å². The average molecular weight is 291 g/mol. The lowest BCUT2D eigenvalue weighted by Crippen LogP contribution is -2.14. The van der Waals surface area contributed by atoms with E-state index in [1.807, 2.05) is 13.1 Å². The van der Waals surface area contributed by atoms with E-state index in [0.717, 1.165) is 24.6 Å². The van der Waals surface area contributed by atoms with Gasteiger partial charge in [0.1, 0.15) is 11.6 Å². The van der Waals surface area contributed by atoms with Crippen molar-refractivity contribution in [2.75, 3.05) is 5.32 Å². The number of imidazole rings is 1. The van der Waals surface area contributed by atoms with Crippen LogP contribution in [0.1, 0.15) is 43.8 Å². The molecule has 1 aromatic carbocycles. The fourth-order valence-corrected chi connectivity index (χ4v) is 2.96. The molecular formula is C16H19F2N3. The van der Waals surface area contributed by atoms with Crippen LogP contribution in [0.3, 0.4) is 0 Å². The van der Waals surface area contributed by atoms with Gasteiger partial charge in [0.25, 0.3) is 0 Å². The Kier molecular flexibility index (Phi) is 3.90. The molecule has 1 saturated carbocycles. The zero-order valence-corrected chi connectivity index (χ0v) is 12.1. The van der Waals surface area contributed by atoms with Crippen LogP contribution < -0.4 is 5.32 Å². The first-order chi connectivity index (χ1) is 10.1. The Hall–Kier alpha value is -1.91. The normalized spacial score (nSPS) is 16.1. The van der Waals surface area contributed by atoms with Gasteiger partial charge in [0, 0.05) is 18.3 Å².